The quantitative estimate of drug-likeness (QED) is 0.636. The molecule has 25 heavy (non-hydrogen) atoms. The Morgan fingerprint density at radius 1 is 1.24 bits per heavy atom. The highest BCUT2D eigenvalue weighted by Crippen LogP contribution is 2.34. The molecule has 0 spiro atoms. The molecule has 0 aliphatic rings. The predicted octanol–water partition coefficient (Wildman–Crippen LogP) is 4.42. The van der Waals surface area contributed by atoms with Gasteiger partial charge in [0.05, 0.1) is 18.2 Å². The highest BCUT2D eigenvalue weighted by atomic mass is 32.1. The molecule has 1 heterocycles. The fourth-order valence-corrected chi connectivity index (χ4v) is 3.68. The second-order valence-corrected chi connectivity index (χ2v) is 6.40. The number of ether oxygens (including phenoxy) is 2. The third-order valence-corrected chi connectivity index (χ3v) is 4.84. The van der Waals surface area contributed by atoms with Gasteiger partial charge in [-0.05, 0) is 29.8 Å². The lowest BCUT2D eigenvalue weighted by Gasteiger charge is -2.06. The minimum Gasteiger partial charge on any atom is -0.457 e. The number of hydrogen-bond acceptors (Lipinski definition) is 5. The number of rotatable bonds is 5. The van der Waals surface area contributed by atoms with E-state index in [1.165, 1.54) is 24.5 Å². The molecule has 0 amide bonds. The van der Waals surface area contributed by atoms with Gasteiger partial charge in [-0.2, -0.15) is 5.26 Å². The topological polar surface area (TPSA) is 59.3 Å². The highest BCUT2D eigenvalue weighted by Gasteiger charge is 2.21. The fourth-order valence-electron chi connectivity index (χ4n) is 2.56. The molecule has 0 fully saturated rings. The second-order valence-electron chi connectivity index (χ2n) is 5.34. The summed E-state index contributed by atoms with van der Waals surface area (Å²) in [5, 5.41) is 9.31. The van der Waals surface area contributed by atoms with Crippen molar-refractivity contribution in [2.75, 3.05) is 7.11 Å². The number of fused-ring (bicyclic) bond motifs is 1. The van der Waals surface area contributed by atoms with Crippen molar-refractivity contribution in [3.8, 4) is 6.07 Å². The van der Waals surface area contributed by atoms with Crippen molar-refractivity contribution >= 4 is 27.4 Å². The Balaban J connectivity index is 1.88. The summed E-state index contributed by atoms with van der Waals surface area (Å²) in [6.45, 7) is 0.160. The van der Waals surface area contributed by atoms with E-state index in [0.29, 0.717) is 31.7 Å². The SMILES string of the molecule is COCc1c(C(=O)OCc2cccc(C#N)c2)sc2cccc(F)c12. The number of thiophene rings is 1. The molecular weight excluding hydrogens is 341 g/mol. The van der Waals surface area contributed by atoms with Gasteiger partial charge in [-0.1, -0.05) is 18.2 Å². The number of methoxy groups -OCH3 is 1. The standard InChI is InChI=1S/C19H14FNO3S/c1-23-11-14-17-15(20)6-3-7-16(17)25-18(14)19(22)24-10-13-5-2-4-12(8-13)9-21/h2-8H,10-11H2,1H3. The van der Waals surface area contributed by atoms with E-state index in [0.717, 1.165) is 0 Å². The van der Waals surface area contributed by atoms with E-state index in [4.69, 9.17) is 14.7 Å². The maximum absolute atomic E-state index is 14.1. The Labute approximate surface area is 148 Å². The summed E-state index contributed by atoms with van der Waals surface area (Å²) in [5.41, 5.74) is 1.71. The van der Waals surface area contributed by atoms with Gasteiger partial charge in [-0.25, -0.2) is 9.18 Å². The Morgan fingerprint density at radius 2 is 2.04 bits per heavy atom. The van der Waals surface area contributed by atoms with E-state index < -0.39 is 5.97 Å². The Bertz CT molecular complexity index is 974. The van der Waals surface area contributed by atoms with E-state index in [1.807, 2.05) is 6.07 Å². The van der Waals surface area contributed by atoms with Gasteiger partial charge in [0.25, 0.3) is 0 Å². The van der Waals surface area contributed by atoms with Crippen molar-refractivity contribution in [1.29, 1.82) is 5.26 Å². The van der Waals surface area contributed by atoms with Crippen LogP contribution in [0.1, 0.15) is 26.4 Å². The Kier molecular flexibility index (Phi) is 5.08. The minimum atomic E-state index is -0.532. The molecule has 4 nitrogen and oxygen atoms in total. The number of carbonyl (C=O) groups is 1. The number of benzene rings is 2. The van der Waals surface area contributed by atoms with Crippen molar-refractivity contribution in [3.05, 3.63) is 69.8 Å². The summed E-state index contributed by atoms with van der Waals surface area (Å²) in [5.74, 6) is -0.920. The third kappa shape index (κ3) is 3.53. The van der Waals surface area contributed by atoms with Crippen LogP contribution in [0.4, 0.5) is 4.39 Å². The van der Waals surface area contributed by atoms with Crippen LogP contribution >= 0.6 is 11.3 Å². The first-order valence-corrected chi connectivity index (χ1v) is 8.30. The molecule has 0 aliphatic carbocycles. The Morgan fingerprint density at radius 3 is 2.80 bits per heavy atom. The molecule has 126 valence electrons. The van der Waals surface area contributed by atoms with Crippen LogP contribution < -0.4 is 0 Å². The van der Waals surface area contributed by atoms with E-state index in [9.17, 15) is 9.18 Å². The van der Waals surface area contributed by atoms with Crippen LogP contribution in [0, 0.1) is 17.1 Å². The maximum atomic E-state index is 14.1. The molecule has 0 saturated heterocycles. The summed E-state index contributed by atoms with van der Waals surface area (Å²) in [4.78, 5) is 12.8. The molecule has 0 atom stereocenters. The van der Waals surface area contributed by atoms with Crippen molar-refractivity contribution in [3.63, 3.8) is 0 Å². The van der Waals surface area contributed by atoms with Gasteiger partial charge < -0.3 is 9.47 Å². The second kappa shape index (κ2) is 7.43. The first-order valence-electron chi connectivity index (χ1n) is 7.49. The van der Waals surface area contributed by atoms with Crippen LogP contribution in [-0.2, 0) is 22.7 Å². The monoisotopic (exact) mass is 355 g/mol. The molecule has 1 aromatic heterocycles. The first-order chi connectivity index (χ1) is 12.1. The molecular formula is C19H14FNO3S. The van der Waals surface area contributed by atoms with Gasteiger partial charge in [-0.15, -0.1) is 11.3 Å². The lowest BCUT2D eigenvalue weighted by molar-refractivity contribution is 0.0474. The normalized spacial score (nSPS) is 10.6. The zero-order valence-electron chi connectivity index (χ0n) is 13.4. The fraction of sp³-hybridized carbons (Fsp3) is 0.158. The van der Waals surface area contributed by atoms with Crippen molar-refractivity contribution in [1.82, 2.24) is 0 Å². The largest absolute Gasteiger partial charge is 0.457 e. The number of nitriles is 1. The van der Waals surface area contributed by atoms with Gasteiger partial charge in [0.2, 0.25) is 0 Å². The predicted molar refractivity (Wildman–Crippen MR) is 92.8 cm³/mol. The Hall–Kier alpha value is -2.75. The number of esters is 1. The van der Waals surface area contributed by atoms with Gasteiger partial charge in [0, 0.05) is 22.8 Å². The zero-order valence-corrected chi connectivity index (χ0v) is 14.2. The van der Waals surface area contributed by atoms with Crippen LogP contribution in [0.2, 0.25) is 0 Å². The van der Waals surface area contributed by atoms with Crippen LogP contribution in [0.25, 0.3) is 10.1 Å². The molecule has 0 saturated carbocycles. The van der Waals surface area contributed by atoms with E-state index in [-0.39, 0.29) is 19.0 Å². The minimum absolute atomic E-state index is 0.0392. The van der Waals surface area contributed by atoms with Crippen LogP contribution in [0.3, 0.4) is 0 Å². The average Bonchev–Trinajstić information content (AvgIpc) is 3.00. The maximum Gasteiger partial charge on any atom is 0.349 e. The summed E-state index contributed by atoms with van der Waals surface area (Å²) in [7, 11) is 1.49. The van der Waals surface area contributed by atoms with Crippen LogP contribution in [0.5, 0.6) is 0 Å². The lowest BCUT2D eigenvalue weighted by Crippen LogP contribution is -2.06. The van der Waals surface area contributed by atoms with Gasteiger partial charge >= 0.3 is 5.97 Å². The molecule has 0 aliphatic heterocycles. The van der Waals surface area contributed by atoms with E-state index in [2.05, 4.69) is 0 Å². The number of nitrogens with zero attached hydrogens (tertiary/aromatic N) is 1. The molecule has 0 N–H and O–H groups in total. The number of halogens is 1. The number of hydrogen-bond donors (Lipinski definition) is 0. The van der Waals surface area contributed by atoms with Gasteiger partial charge in [-0.3, -0.25) is 0 Å². The van der Waals surface area contributed by atoms with Crippen molar-refractivity contribution in [2.45, 2.75) is 13.2 Å². The summed E-state index contributed by atoms with van der Waals surface area (Å²) in [6.07, 6.45) is 0. The van der Waals surface area contributed by atoms with E-state index >= 15 is 0 Å². The highest BCUT2D eigenvalue weighted by molar-refractivity contribution is 7.21. The molecule has 0 unspecified atom stereocenters. The van der Waals surface area contributed by atoms with Crippen LogP contribution in [-0.4, -0.2) is 13.1 Å². The molecule has 6 heteroatoms. The summed E-state index contributed by atoms with van der Waals surface area (Å²) < 4.78 is 25.3. The lowest BCUT2D eigenvalue weighted by atomic mass is 10.1. The van der Waals surface area contributed by atoms with Crippen molar-refractivity contribution < 1.29 is 18.7 Å². The van der Waals surface area contributed by atoms with Gasteiger partial charge in [0.15, 0.2) is 0 Å². The van der Waals surface area contributed by atoms with E-state index in [1.54, 1.807) is 36.4 Å². The first kappa shape index (κ1) is 17.1. The molecule has 3 rings (SSSR count). The smallest absolute Gasteiger partial charge is 0.349 e. The van der Waals surface area contributed by atoms with Crippen molar-refractivity contribution in [2.24, 2.45) is 0 Å². The summed E-state index contributed by atoms with van der Waals surface area (Å²) >= 11 is 1.18. The third-order valence-electron chi connectivity index (χ3n) is 3.66. The zero-order chi connectivity index (χ0) is 17.8. The molecule has 0 radical (unpaired) electrons. The number of carbonyl (C=O) groups excluding carboxylic acids is 1. The average molecular weight is 355 g/mol. The molecule has 2 aromatic carbocycles. The summed E-state index contributed by atoms with van der Waals surface area (Å²) in [6, 6.07) is 13.6. The van der Waals surface area contributed by atoms with Gasteiger partial charge in [0.1, 0.15) is 17.3 Å². The molecule has 0 bridgehead atoms. The van der Waals surface area contributed by atoms with Crippen LogP contribution in [0.15, 0.2) is 42.5 Å². The molecule has 3 aromatic rings.